The van der Waals surface area contributed by atoms with E-state index in [2.05, 4.69) is 10.6 Å². The number of hydrogen-bond acceptors (Lipinski definition) is 3. The molecule has 3 rings (SSSR count). The fourth-order valence-corrected chi connectivity index (χ4v) is 2.80. The number of carbonyl (C=O) groups excluding carboxylic acids is 2. The molecule has 6 heteroatoms. The number of aromatic hydroxyl groups is 1. The molecule has 0 atom stereocenters. The molecule has 0 aliphatic carbocycles. The fourth-order valence-electron chi connectivity index (χ4n) is 2.80. The molecule has 3 N–H and O–H groups in total. The van der Waals surface area contributed by atoms with Crippen LogP contribution in [0.1, 0.15) is 21.5 Å². The molecule has 124 valence electrons. The van der Waals surface area contributed by atoms with Gasteiger partial charge in [-0.2, -0.15) is 0 Å². The van der Waals surface area contributed by atoms with Gasteiger partial charge in [-0.3, -0.25) is 9.69 Å². The van der Waals surface area contributed by atoms with Crippen molar-refractivity contribution in [1.82, 2.24) is 5.32 Å². The summed E-state index contributed by atoms with van der Waals surface area (Å²) < 4.78 is 0. The number of phenols is 1. The number of nitrogens with zero attached hydrogens (tertiary/aromatic N) is 1. The van der Waals surface area contributed by atoms with Crippen molar-refractivity contribution in [3.05, 3.63) is 53.1 Å². The lowest BCUT2D eigenvalue weighted by atomic mass is 10.0. The molecule has 24 heavy (non-hydrogen) atoms. The van der Waals surface area contributed by atoms with Crippen LogP contribution in [0.5, 0.6) is 5.75 Å². The molecule has 1 heterocycles. The van der Waals surface area contributed by atoms with Crippen LogP contribution < -0.4 is 15.5 Å². The van der Waals surface area contributed by atoms with E-state index in [4.69, 9.17) is 0 Å². The van der Waals surface area contributed by atoms with Crippen LogP contribution in [0.4, 0.5) is 16.2 Å². The van der Waals surface area contributed by atoms with Crippen molar-refractivity contribution in [2.24, 2.45) is 0 Å². The predicted molar refractivity (Wildman–Crippen MR) is 92.7 cm³/mol. The molecule has 6 nitrogen and oxygen atoms in total. The van der Waals surface area contributed by atoms with Crippen LogP contribution in [0.15, 0.2) is 36.4 Å². The molecule has 0 unspecified atom stereocenters. The Hall–Kier alpha value is -3.02. The third kappa shape index (κ3) is 3.03. The number of amides is 3. The van der Waals surface area contributed by atoms with Crippen molar-refractivity contribution in [2.75, 3.05) is 23.3 Å². The number of hydrogen-bond donors (Lipinski definition) is 3. The number of anilines is 2. The van der Waals surface area contributed by atoms with E-state index >= 15 is 0 Å². The van der Waals surface area contributed by atoms with Gasteiger partial charge in [0.1, 0.15) is 5.75 Å². The maximum Gasteiger partial charge on any atom is 0.321 e. The van der Waals surface area contributed by atoms with Gasteiger partial charge in [0.2, 0.25) is 0 Å². The first kappa shape index (κ1) is 15.9. The predicted octanol–water partition coefficient (Wildman–Crippen LogP) is 2.79. The minimum Gasteiger partial charge on any atom is -0.507 e. The Balaban J connectivity index is 1.84. The van der Waals surface area contributed by atoms with Crippen LogP contribution >= 0.6 is 0 Å². The van der Waals surface area contributed by atoms with Crippen molar-refractivity contribution in [3.8, 4) is 5.75 Å². The Morgan fingerprint density at radius 1 is 1.25 bits per heavy atom. The third-order valence-electron chi connectivity index (χ3n) is 3.96. The summed E-state index contributed by atoms with van der Waals surface area (Å²) in [7, 11) is 0. The zero-order valence-corrected chi connectivity index (χ0v) is 13.6. The molecule has 2 aromatic carbocycles. The van der Waals surface area contributed by atoms with Gasteiger partial charge in [-0.05, 0) is 49.2 Å². The summed E-state index contributed by atoms with van der Waals surface area (Å²) in [6.45, 7) is 4.82. The molecular weight excluding hydrogens is 306 g/mol. The van der Waals surface area contributed by atoms with Gasteiger partial charge < -0.3 is 15.7 Å². The summed E-state index contributed by atoms with van der Waals surface area (Å²) in [4.78, 5) is 25.8. The largest absolute Gasteiger partial charge is 0.507 e. The van der Waals surface area contributed by atoms with Crippen LogP contribution in [0.25, 0.3) is 0 Å². The summed E-state index contributed by atoms with van der Waals surface area (Å²) in [5.74, 6) is -0.407. The minimum absolute atomic E-state index is 0.0202. The zero-order chi connectivity index (χ0) is 17.3. The molecule has 1 fully saturated rings. The smallest absolute Gasteiger partial charge is 0.321 e. The van der Waals surface area contributed by atoms with Crippen LogP contribution in [0.2, 0.25) is 0 Å². The highest BCUT2D eigenvalue weighted by molar-refractivity contribution is 6.07. The van der Waals surface area contributed by atoms with Crippen molar-refractivity contribution in [1.29, 1.82) is 0 Å². The second-order valence-electron chi connectivity index (χ2n) is 5.87. The molecule has 0 aromatic heterocycles. The highest BCUT2D eigenvalue weighted by atomic mass is 16.3. The lowest BCUT2D eigenvalue weighted by Crippen LogP contribution is -2.27. The SMILES string of the molecule is Cc1cc(C)c(O)c(C(=O)Nc2cccc(N3CCNC3=O)c2)c1. The number of aryl methyl sites for hydroxylation is 2. The van der Waals surface area contributed by atoms with Crippen molar-refractivity contribution in [2.45, 2.75) is 13.8 Å². The Bertz CT molecular complexity index is 817. The van der Waals surface area contributed by atoms with Gasteiger partial charge in [0.05, 0.1) is 5.56 Å². The standard InChI is InChI=1S/C18H19N3O3/c1-11-8-12(2)16(22)15(9-11)17(23)20-13-4-3-5-14(10-13)21-7-6-19-18(21)24/h3-5,8-10,22H,6-7H2,1-2H3,(H,19,24)(H,20,23). The Kier molecular flexibility index (Phi) is 4.12. The zero-order valence-electron chi connectivity index (χ0n) is 13.6. The maximum absolute atomic E-state index is 12.5. The first-order valence-electron chi connectivity index (χ1n) is 7.72. The molecule has 1 aliphatic rings. The average Bonchev–Trinajstić information content (AvgIpc) is 2.97. The maximum atomic E-state index is 12.5. The number of benzene rings is 2. The van der Waals surface area contributed by atoms with E-state index in [0.29, 0.717) is 30.0 Å². The van der Waals surface area contributed by atoms with Gasteiger partial charge in [-0.15, -0.1) is 0 Å². The first-order valence-corrected chi connectivity index (χ1v) is 7.72. The Morgan fingerprint density at radius 3 is 2.75 bits per heavy atom. The summed E-state index contributed by atoms with van der Waals surface area (Å²) in [6, 6.07) is 10.4. The van der Waals surface area contributed by atoms with Gasteiger partial charge in [-0.1, -0.05) is 12.1 Å². The molecule has 1 aliphatic heterocycles. The molecule has 1 saturated heterocycles. The quantitative estimate of drug-likeness (QED) is 0.811. The molecule has 0 radical (unpaired) electrons. The van der Waals surface area contributed by atoms with Gasteiger partial charge in [0.25, 0.3) is 5.91 Å². The highest BCUT2D eigenvalue weighted by Crippen LogP contribution is 2.26. The van der Waals surface area contributed by atoms with E-state index in [9.17, 15) is 14.7 Å². The third-order valence-corrected chi connectivity index (χ3v) is 3.96. The van der Waals surface area contributed by atoms with Gasteiger partial charge in [0, 0.05) is 24.5 Å². The number of rotatable bonds is 3. The Labute approximate surface area is 140 Å². The van der Waals surface area contributed by atoms with E-state index in [1.807, 2.05) is 19.1 Å². The lowest BCUT2D eigenvalue weighted by Gasteiger charge is -2.16. The number of phenolic OH excluding ortho intramolecular Hbond substituents is 1. The fraction of sp³-hybridized carbons (Fsp3) is 0.222. The van der Waals surface area contributed by atoms with Gasteiger partial charge in [-0.25, -0.2) is 4.79 Å². The summed E-state index contributed by atoms with van der Waals surface area (Å²) >= 11 is 0. The minimum atomic E-state index is -0.387. The summed E-state index contributed by atoms with van der Waals surface area (Å²) in [5, 5.41) is 15.6. The van der Waals surface area contributed by atoms with Crippen molar-refractivity contribution < 1.29 is 14.7 Å². The average molecular weight is 325 g/mol. The van der Waals surface area contributed by atoms with Crippen LogP contribution in [0.3, 0.4) is 0 Å². The highest BCUT2D eigenvalue weighted by Gasteiger charge is 2.21. The van der Waals surface area contributed by atoms with Crippen LogP contribution in [-0.4, -0.2) is 30.1 Å². The van der Waals surface area contributed by atoms with E-state index < -0.39 is 0 Å². The molecular formula is C18H19N3O3. The van der Waals surface area contributed by atoms with E-state index in [-0.39, 0.29) is 23.3 Å². The van der Waals surface area contributed by atoms with Crippen LogP contribution in [0, 0.1) is 13.8 Å². The van der Waals surface area contributed by atoms with Gasteiger partial charge in [0.15, 0.2) is 0 Å². The molecule has 3 amide bonds. The first-order chi connectivity index (χ1) is 11.5. The molecule has 0 saturated carbocycles. The van der Waals surface area contributed by atoms with E-state index in [1.165, 1.54) is 0 Å². The van der Waals surface area contributed by atoms with E-state index in [1.54, 1.807) is 36.1 Å². The molecule has 2 aromatic rings. The van der Waals surface area contributed by atoms with E-state index in [0.717, 1.165) is 5.56 Å². The second-order valence-corrected chi connectivity index (χ2v) is 5.87. The Morgan fingerprint density at radius 2 is 2.04 bits per heavy atom. The summed E-state index contributed by atoms with van der Waals surface area (Å²) in [5.41, 5.74) is 3.07. The normalized spacial score (nSPS) is 13.8. The number of nitrogens with one attached hydrogen (secondary N) is 2. The van der Waals surface area contributed by atoms with Crippen LogP contribution in [-0.2, 0) is 0 Å². The van der Waals surface area contributed by atoms with Gasteiger partial charge >= 0.3 is 6.03 Å². The lowest BCUT2D eigenvalue weighted by molar-refractivity contribution is 0.102. The number of urea groups is 1. The molecule has 0 spiro atoms. The monoisotopic (exact) mass is 325 g/mol. The van der Waals surface area contributed by atoms with Crippen molar-refractivity contribution >= 4 is 23.3 Å². The van der Waals surface area contributed by atoms with Crippen molar-refractivity contribution in [3.63, 3.8) is 0 Å². The topological polar surface area (TPSA) is 81.7 Å². The number of carbonyl (C=O) groups is 2. The summed E-state index contributed by atoms with van der Waals surface area (Å²) in [6.07, 6.45) is 0. The molecule has 0 bridgehead atoms. The second kappa shape index (κ2) is 6.23.